The number of carbonyl (C=O) groups excluding carboxylic acids is 1. The van der Waals surface area contributed by atoms with Gasteiger partial charge in [0.05, 0.1) is 22.2 Å². The van der Waals surface area contributed by atoms with Gasteiger partial charge in [0.1, 0.15) is 0 Å². The highest BCUT2D eigenvalue weighted by atomic mass is 35.5. The van der Waals surface area contributed by atoms with Crippen molar-refractivity contribution in [3.8, 4) is 0 Å². The first-order valence-electron chi connectivity index (χ1n) is 7.15. The minimum atomic E-state index is -0.250. The Balaban J connectivity index is 2.85. The van der Waals surface area contributed by atoms with Crippen molar-refractivity contribution in [1.82, 2.24) is 4.90 Å². The monoisotopic (exact) mass is 332 g/mol. The van der Waals surface area contributed by atoms with Crippen LogP contribution in [0, 0.1) is 0 Å². The largest absolute Gasteiger partial charge is 0.399 e. The minimum Gasteiger partial charge on any atom is -0.399 e. The second-order valence-electron chi connectivity index (χ2n) is 4.94. The van der Waals surface area contributed by atoms with Gasteiger partial charge in [0.25, 0.3) is 5.91 Å². The van der Waals surface area contributed by atoms with E-state index in [-0.39, 0.29) is 34.7 Å². The first-order chi connectivity index (χ1) is 10.0. The fraction of sp³-hybridized carbons (Fsp3) is 0.533. The summed E-state index contributed by atoms with van der Waals surface area (Å²) < 4.78 is 0. The van der Waals surface area contributed by atoms with Crippen molar-refractivity contribution in [2.75, 3.05) is 25.4 Å². The van der Waals surface area contributed by atoms with Crippen LogP contribution in [-0.2, 0) is 0 Å². The molecule has 0 unspecified atom stereocenters. The number of anilines is 1. The number of hydrogen-bond donors (Lipinski definition) is 2. The van der Waals surface area contributed by atoms with Gasteiger partial charge in [0.2, 0.25) is 0 Å². The van der Waals surface area contributed by atoms with E-state index in [4.69, 9.17) is 34.0 Å². The van der Waals surface area contributed by atoms with Gasteiger partial charge in [-0.3, -0.25) is 4.79 Å². The third-order valence-electron chi connectivity index (χ3n) is 3.22. The molecule has 0 heterocycles. The maximum Gasteiger partial charge on any atom is 0.255 e. The Morgan fingerprint density at radius 1 is 1.24 bits per heavy atom. The lowest BCUT2D eigenvalue weighted by molar-refractivity contribution is 0.0718. The van der Waals surface area contributed by atoms with Crippen LogP contribution in [0.25, 0.3) is 0 Å². The predicted octanol–water partition coefficient (Wildman–Crippen LogP) is 3.59. The van der Waals surface area contributed by atoms with Gasteiger partial charge in [0, 0.05) is 18.8 Å². The molecular formula is C15H22Cl2N2O2. The number of nitrogen functional groups attached to an aromatic ring is 1. The summed E-state index contributed by atoms with van der Waals surface area (Å²) in [5, 5.41) is 9.60. The summed E-state index contributed by atoms with van der Waals surface area (Å²) in [6.07, 6.45) is 4.21. The van der Waals surface area contributed by atoms with Gasteiger partial charge in [-0.15, -0.1) is 0 Å². The molecule has 0 aliphatic carbocycles. The van der Waals surface area contributed by atoms with E-state index >= 15 is 0 Å². The molecule has 1 aromatic rings. The van der Waals surface area contributed by atoms with Crippen molar-refractivity contribution in [1.29, 1.82) is 0 Å². The summed E-state index contributed by atoms with van der Waals surface area (Å²) in [5.74, 6) is -0.250. The van der Waals surface area contributed by atoms with Crippen molar-refractivity contribution in [2.45, 2.75) is 32.6 Å². The average molecular weight is 333 g/mol. The topological polar surface area (TPSA) is 66.6 Å². The quantitative estimate of drug-likeness (QED) is 0.564. The fourth-order valence-corrected chi connectivity index (χ4v) is 2.52. The number of amides is 1. The second kappa shape index (κ2) is 9.13. The van der Waals surface area contributed by atoms with Gasteiger partial charge in [-0.25, -0.2) is 0 Å². The number of carbonyl (C=O) groups is 1. The molecule has 3 N–H and O–H groups in total. The van der Waals surface area contributed by atoms with Crippen LogP contribution in [0.4, 0.5) is 5.69 Å². The number of aliphatic hydroxyl groups excluding tert-OH is 1. The minimum absolute atomic E-state index is 0.0901. The summed E-state index contributed by atoms with van der Waals surface area (Å²) in [4.78, 5) is 14.1. The zero-order valence-electron chi connectivity index (χ0n) is 12.2. The number of unbranched alkanes of at least 4 members (excludes halogenated alkanes) is 3. The molecule has 1 rings (SSSR count). The molecule has 0 saturated carbocycles. The van der Waals surface area contributed by atoms with E-state index < -0.39 is 0 Å². The standard InChI is InChI=1S/C15H22Cl2N2O2/c1-2-3-4-5-6-19(7-8-20)15(21)12-9-11(18)10-13(16)14(12)17/h9-10,20H,2-8,18H2,1H3. The van der Waals surface area contributed by atoms with Crippen LogP contribution < -0.4 is 5.73 Å². The number of hydrogen-bond acceptors (Lipinski definition) is 3. The number of nitrogens with two attached hydrogens (primary N) is 1. The van der Waals surface area contributed by atoms with Crippen LogP contribution in [-0.4, -0.2) is 35.6 Å². The van der Waals surface area contributed by atoms with Crippen LogP contribution in [0.5, 0.6) is 0 Å². The molecular weight excluding hydrogens is 311 g/mol. The lowest BCUT2D eigenvalue weighted by Crippen LogP contribution is -2.34. The van der Waals surface area contributed by atoms with Crippen LogP contribution in [0.2, 0.25) is 10.0 Å². The van der Waals surface area contributed by atoms with Crippen molar-refractivity contribution in [2.24, 2.45) is 0 Å². The van der Waals surface area contributed by atoms with Crippen molar-refractivity contribution in [3.05, 3.63) is 27.7 Å². The number of nitrogens with zero attached hydrogens (tertiary/aromatic N) is 1. The van der Waals surface area contributed by atoms with Gasteiger partial charge in [0.15, 0.2) is 0 Å². The van der Waals surface area contributed by atoms with E-state index in [0.29, 0.717) is 12.2 Å². The molecule has 0 saturated heterocycles. The van der Waals surface area contributed by atoms with E-state index in [2.05, 4.69) is 6.92 Å². The van der Waals surface area contributed by atoms with E-state index in [0.717, 1.165) is 25.7 Å². The maximum atomic E-state index is 12.5. The Kier molecular flexibility index (Phi) is 7.86. The molecule has 1 amide bonds. The van der Waals surface area contributed by atoms with Gasteiger partial charge in [-0.2, -0.15) is 0 Å². The highest BCUT2D eigenvalue weighted by molar-refractivity contribution is 6.44. The van der Waals surface area contributed by atoms with E-state index in [9.17, 15) is 4.79 Å². The molecule has 0 aromatic heterocycles. The molecule has 0 atom stereocenters. The fourth-order valence-electron chi connectivity index (χ4n) is 2.10. The average Bonchev–Trinajstić information content (AvgIpc) is 2.45. The Bertz CT molecular complexity index is 481. The van der Waals surface area contributed by atoms with Crippen LogP contribution in [0.15, 0.2) is 12.1 Å². The zero-order valence-corrected chi connectivity index (χ0v) is 13.8. The number of rotatable bonds is 8. The Morgan fingerprint density at radius 2 is 1.95 bits per heavy atom. The molecule has 21 heavy (non-hydrogen) atoms. The van der Waals surface area contributed by atoms with E-state index in [1.807, 2.05) is 0 Å². The first kappa shape index (κ1) is 18.1. The SMILES string of the molecule is CCCCCCN(CCO)C(=O)c1cc(N)cc(Cl)c1Cl. The summed E-state index contributed by atoms with van der Waals surface area (Å²) in [6.45, 7) is 2.90. The third-order valence-corrected chi connectivity index (χ3v) is 4.02. The third kappa shape index (κ3) is 5.38. The van der Waals surface area contributed by atoms with Gasteiger partial charge in [-0.05, 0) is 18.6 Å². The molecule has 0 radical (unpaired) electrons. The van der Waals surface area contributed by atoms with Crippen LogP contribution in [0.3, 0.4) is 0 Å². The summed E-state index contributed by atoms with van der Waals surface area (Å²) in [6, 6.07) is 3.03. The Labute approximate surface area is 135 Å². The zero-order chi connectivity index (χ0) is 15.8. The Hall–Kier alpha value is -0.970. The van der Waals surface area contributed by atoms with Crippen molar-refractivity contribution < 1.29 is 9.90 Å². The second-order valence-corrected chi connectivity index (χ2v) is 5.73. The maximum absolute atomic E-state index is 12.5. The molecule has 0 spiro atoms. The lowest BCUT2D eigenvalue weighted by atomic mass is 10.1. The van der Waals surface area contributed by atoms with Gasteiger partial charge in [-0.1, -0.05) is 49.4 Å². The molecule has 1 aromatic carbocycles. The predicted molar refractivity (Wildman–Crippen MR) is 88.0 cm³/mol. The van der Waals surface area contributed by atoms with Gasteiger partial charge >= 0.3 is 0 Å². The molecule has 0 fully saturated rings. The van der Waals surface area contributed by atoms with Crippen molar-refractivity contribution in [3.63, 3.8) is 0 Å². The molecule has 118 valence electrons. The normalized spacial score (nSPS) is 10.7. The van der Waals surface area contributed by atoms with E-state index in [1.54, 1.807) is 4.90 Å². The molecule has 6 heteroatoms. The summed E-state index contributed by atoms with van der Waals surface area (Å²) >= 11 is 12.0. The van der Waals surface area contributed by atoms with Crippen molar-refractivity contribution >= 4 is 34.8 Å². The highest BCUT2D eigenvalue weighted by Crippen LogP contribution is 2.29. The lowest BCUT2D eigenvalue weighted by Gasteiger charge is -2.22. The summed E-state index contributed by atoms with van der Waals surface area (Å²) in [5.41, 5.74) is 6.39. The molecule has 0 bridgehead atoms. The number of benzene rings is 1. The van der Waals surface area contributed by atoms with Crippen LogP contribution >= 0.6 is 23.2 Å². The highest BCUT2D eigenvalue weighted by Gasteiger charge is 2.20. The van der Waals surface area contributed by atoms with E-state index in [1.165, 1.54) is 12.1 Å². The molecule has 0 aliphatic rings. The number of halogens is 2. The van der Waals surface area contributed by atoms with Crippen LogP contribution in [0.1, 0.15) is 43.0 Å². The summed E-state index contributed by atoms with van der Waals surface area (Å²) in [7, 11) is 0. The molecule has 0 aliphatic heterocycles. The smallest absolute Gasteiger partial charge is 0.255 e. The first-order valence-corrected chi connectivity index (χ1v) is 7.91. The van der Waals surface area contributed by atoms with Gasteiger partial charge < -0.3 is 15.7 Å². The Morgan fingerprint density at radius 3 is 2.57 bits per heavy atom. The number of aliphatic hydroxyl groups is 1. The molecule has 4 nitrogen and oxygen atoms in total.